The molecule has 0 bridgehead atoms. The molecule has 2 rings (SSSR count). The number of rotatable bonds is 7. The second kappa shape index (κ2) is 7.93. The van der Waals surface area contributed by atoms with Crippen molar-refractivity contribution >= 4 is 16.5 Å². The van der Waals surface area contributed by atoms with Gasteiger partial charge >= 0.3 is 0 Å². The van der Waals surface area contributed by atoms with Crippen LogP contribution in [0.1, 0.15) is 17.7 Å². The quantitative estimate of drug-likeness (QED) is 0.789. The summed E-state index contributed by atoms with van der Waals surface area (Å²) in [4.78, 5) is 10.1. The third kappa shape index (κ3) is 5.36. The Morgan fingerprint density at radius 2 is 2.20 bits per heavy atom. The minimum absolute atomic E-state index is 0.663. The Labute approximate surface area is 126 Å². The summed E-state index contributed by atoms with van der Waals surface area (Å²) in [7, 11) is 4.28. The first-order chi connectivity index (χ1) is 9.63. The van der Waals surface area contributed by atoms with Crippen molar-refractivity contribution in [2.75, 3.05) is 52.6 Å². The molecule has 0 radical (unpaired) electrons. The lowest BCUT2D eigenvalue weighted by molar-refractivity contribution is 0.169. The molecule has 1 aromatic rings. The van der Waals surface area contributed by atoms with Crippen molar-refractivity contribution in [3.8, 4) is 0 Å². The molecule has 0 saturated carbocycles. The van der Waals surface area contributed by atoms with Crippen LogP contribution in [-0.4, -0.2) is 61.6 Å². The highest BCUT2D eigenvalue weighted by Crippen LogP contribution is 2.17. The Balaban J connectivity index is 1.57. The van der Waals surface area contributed by atoms with E-state index in [0.717, 1.165) is 25.6 Å². The number of aromatic nitrogens is 1. The highest BCUT2D eigenvalue weighted by atomic mass is 32.1. The fraction of sp³-hybridized carbons (Fsp3) is 0.786. The number of nitrogens with one attached hydrogen (secondary N) is 1. The van der Waals surface area contributed by atoms with Crippen LogP contribution in [0.15, 0.2) is 6.20 Å². The van der Waals surface area contributed by atoms with Gasteiger partial charge < -0.3 is 20.9 Å². The molecule has 1 saturated heterocycles. The van der Waals surface area contributed by atoms with Gasteiger partial charge in [0.1, 0.15) is 0 Å². The summed E-state index contributed by atoms with van der Waals surface area (Å²) in [6, 6.07) is 0. The number of piperidine rings is 1. The van der Waals surface area contributed by atoms with Crippen molar-refractivity contribution in [2.24, 2.45) is 5.92 Å². The monoisotopic (exact) mass is 297 g/mol. The number of likely N-dealkylation sites (tertiary alicyclic amines) is 1. The first kappa shape index (κ1) is 15.7. The number of hydrogen-bond acceptors (Lipinski definition) is 6. The smallest absolute Gasteiger partial charge is 0.180 e. The predicted octanol–water partition coefficient (Wildman–Crippen LogP) is 1.09. The van der Waals surface area contributed by atoms with E-state index in [9.17, 15) is 0 Å². The maximum Gasteiger partial charge on any atom is 0.180 e. The van der Waals surface area contributed by atoms with Crippen molar-refractivity contribution in [1.82, 2.24) is 20.1 Å². The zero-order chi connectivity index (χ0) is 14.4. The van der Waals surface area contributed by atoms with Gasteiger partial charge in [-0.1, -0.05) is 0 Å². The molecule has 2 heterocycles. The molecule has 6 heteroatoms. The molecule has 20 heavy (non-hydrogen) atoms. The van der Waals surface area contributed by atoms with Gasteiger partial charge in [0.2, 0.25) is 0 Å². The molecule has 0 unspecified atom stereocenters. The van der Waals surface area contributed by atoms with Gasteiger partial charge in [-0.25, -0.2) is 4.98 Å². The molecule has 0 aromatic carbocycles. The first-order valence-corrected chi connectivity index (χ1v) is 8.23. The van der Waals surface area contributed by atoms with Crippen LogP contribution in [0.25, 0.3) is 0 Å². The van der Waals surface area contributed by atoms with E-state index in [1.807, 2.05) is 6.20 Å². The molecule has 5 nitrogen and oxygen atoms in total. The second-order valence-corrected chi connectivity index (χ2v) is 7.03. The molecule has 0 amide bonds. The van der Waals surface area contributed by atoms with Crippen molar-refractivity contribution in [3.63, 3.8) is 0 Å². The van der Waals surface area contributed by atoms with Crippen molar-refractivity contribution in [2.45, 2.75) is 19.4 Å². The van der Waals surface area contributed by atoms with Gasteiger partial charge in [0.15, 0.2) is 5.13 Å². The second-order valence-electron chi connectivity index (χ2n) is 5.88. The summed E-state index contributed by atoms with van der Waals surface area (Å²) in [6.07, 6.45) is 4.49. The third-order valence-corrected chi connectivity index (χ3v) is 4.70. The molecule has 1 aromatic heterocycles. The van der Waals surface area contributed by atoms with Gasteiger partial charge in [-0.2, -0.15) is 0 Å². The Morgan fingerprint density at radius 1 is 1.45 bits per heavy atom. The number of thiazole rings is 1. The van der Waals surface area contributed by atoms with E-state index in [1.54, 1.807) is 11.3 Å². The molecular weight excluding hydrogens is 270 g/mol. The van der Waals surface area contributed by atoms with Gasteiger partial charge in [-0.05, 0) is 52.5 Å². The maximum atomic E-state index is 5.63. The largest absolute Gasteiger partial charge is 0.375 e. The average molecular weight is 297 g/mol. The lowest BCUT2D eigenvalue weighted by atomic mass is 9.97. The average Bonchev–Trinajstić information content (AvgIpc) is 2.83. The van der Waals surface area contributed by atoms with Crippen LogP contribution in [0.3, 0.4) is 0 Å². The van der Waals surface area contributed by atoms with Crippen LogP contribution in [0.5, 0.6) is 0 Å². The maximum absolute atomic E-state index is 5.63. The van der Waals surface area contributed by atoms with Crippen LogP contribution in [0.2, 0.25) is 0 Å². The Hall–Kier alpha value is -0.690. The van der Waals surface area contributed by atoms with E-state index in [0.29, 0.717) is 5.13 Å². The fourth-order valence-corrected chi connectivity index (χ4v) is 3.21. The zero-order valence-corrected chi connectivity index (χ0v) is 13.5. The SMILES string of the molecule is CN(C)CCN1CCC(CNCc2cnc(N)s2)CC1. The fourth-order valence-electron chi connectivity index (χ4n) is 2.56. The van der Waals surface area contributed by atoms with Crippen molar-refractivity contribution in [1.29, 1.82) is 0 Å². The molecule has 1 fully saturated rings. The normalized spacial score (nSPS) is 17.9. The summed E-state index contributed by atoms with van der Waals surface area (Å²) < 4.78 is 0. The number of anilines is 1. The molecule has 0 aliphatic carbocycles. The van der Waals surface area contributed by atoms with Crippen LogP contribution < -0.4 is 11.1 Å². The van der Waals surface area contributed by atoms with E-state index >= 15 is 0 Å². The van der Waals surface area contributed by atoms with Crippen molar-refractivity contribution in [3.05, 3.63) is 11.1 Å². The minimum atomic E-state index is 0.663. The summed E-state index contributed by atoms with van der Waals surface area (Å²) >= 11 is 1.58. The van der Waals surface area contributed by atoms with E-state index in [1.165, 1.54) is 37.4 Å². The van der Waals surface area contributed by atoms with Gasteiger partial charge in [-0.15, -0.1) is 11.3 Å². The van der Waals surface area contributed by atoms with E-state index < -0.39 is 0 Å². The zero-order valence-electron chi connectivity index (χ0n) is 12.6. The molecule has 1 aliphatic heterocycles. The number of hydrogen-bond donors (Lipinski definition) is 2. The Morgan fingerprint density at radius 3 is 2.80 bits per heavy atom. The summed E-state index contributed by atoms with van der Waals surface area (Å²) in [5, 5.41) is 4.20. The highest BCUT2D eigenvalue weighted by Gasteiger charge is 2.18. The summed E-state index contributed by atoms with van der Waals surface area (Å²) in [6.45, 7) is 6.86. The van der Waals surface area contributed by atoms with Gasteiger partial charge in [0.05, 0.1) is 0 Å². The van der Waals surface area contributed by atoms with Crippen LogP contribution in [0.4, 0.5) is 5.13 Å². The molecule has 3 N–H and O–H groups in total. The minimum Gasteiger partial charge on any atom is -0.375 e. The van der Waals surface area contributed by atoms with Crippen LogP contribution >= 0.6 is 11.3 Å². The van der Waals surface area contributed by atoms with E-state index in [-0.39, 0.29) is 0 Å². The summed E-state index contributed by atoms with van der Waals surface area (Å²) in [5.41, 5.74) is 5.63. The third-order valence-electron chi connectivity index (χ3n) is 3.87. The molecule has 1 aliphatic rings. The Bertz CT molecular complexity index is 385. The lowest BCUT2D eigenvalue weighted by Gasteiger charge is -2.32. The highest BCUT2D eigenvalue weighted by molar-refractivity contribution is 7.15. The standard InChI is InChI=1S/C14H27N5S/c1-18(2)7-8-19-5-3-12(4-6-19)9-16-10-13-11-17-14(15)20-13/h11-12,16H,3-10H2,1-2H3,(H2,15,17). The van der Waals surface area contributed by atoms with Gasteiger partial charge in [0.25, 0.3) is 0 Å². The molecular formula is C14H27N5S. The van der Waals surface area contributed by atoms with Crippen molar-refractivity contribution < 1.29 is 0 Å². The number of nitrogens with zero attached hydrogens (tertiary/aromatic N) is 3. The summed E-state index contributed by atoms with van der Waals surface area (Å²) in [5.74, 6) is 0.816. The number of nitrogens with two attached hydrogens (primary N) is 1. The molecule has 114 valence electrons. The Kier molecular flexibility index (Phi) is 6.22. The predicted molar refractivity (Wildman–Crippen MR) is 86.0 cm³/mol. The van der Waals surface area contributed by atoms with Gasteiger partial charge in [0, 0.05) is 30.7 Å². The van der Waals surface area contributed by atoms with Crippen LogP contribution in [-0.2, 0) is 6.54 Å². The molecule has 0 atom stereocenters. The van der Waals surface area contributed by atoms with Gasteiger partial charge in [-0.3, -0.25) is 0 Å². The number of likely N-dealkylation sites (N-methyl/N-ethyl adjacent to an activating group) is 1. The van der Waals surface area contributed by atoms with E-state index in [4.69, 9.17) is 5.73 Å². The topological polar surface area (TPSA) is 57.4 Å². The van der Waals surface area contributed by atoms with Crippen LogP contribution in [0, 0.1) is 5.92 Å². The lowest BCUT2D eigenvalue weighted by Crippen LogP contribution is -2.40. The first-order valence-electron chi connectivity index (χ1n) is 7.41. The van der Waals surface area contributed by atoms with E-state index in [2.05, 4.69) is 34.2 Å². The number of nitrogen functional groups attached to an aromatic ring is 1. The molecule has 0 spiro atoms.